The average molecular weight is 618 g/mol. The summed E-state index contributed by atoms with van der Waals surface area (Å²) in [5.41, 5.74) is 3.94. The number of carbonyl (C=O) groups is 2. The van der Waals surface area contributed by atoms with Gasteiger partial charge in [-0.2, -0.15) is 0 Å². The molecule has 10 heteroatoms. The lowest BCUT2D eigenvalue weighted by atomic mass is 9.84. The fourth-order valence-electron chi connectivity index (χ4n) is 5.15. The summed E-state index contributed by atoms with van der Waals surface area (Å²) < 4.78 is 17.1. The van der Waals surface area contributed by atoms with E-state index in [4.69, 9.17) is 19.6 Å². The maximum absolute atomic E-state index is 13.7. The molecule has 0 bridgehead atoms. The molecule has 0 aromatic heterocycles. The highest BCUT2D eigenvalue weighted by molar-refractivity contribution is 8.93. The van der Waals surface area contributed by atoms with Gasteiger partial charge in [-0.05, 0) is 55.0 Å². The standard InChI is InChI=1S/C30H40N4O5.BrH/c1-7-39-26-14-19-16-34(28(31)21(19)15-22(26)29(36)32-5)17-25(35)18-12-23(30(2,3)4)27(37-6)24(13-18)33-20-8-10-38-11-9-20;/h12-15,20,31,33H,7-11,16-17H2,1-6H3,(H,32,36);1H. The van der Waals surface area contributed by atoms with Crippen LogP contribution >= 0.6 is 17.0 Å². The molecule has 4 rings (SSSR count). The molecule has 1 saturated heterocycles. The lowest BCUT2D eigenvalue weighted by Gasteiger charge is -2.29. The van der Waals surface area contributed by atoms with Gasteiger partial charge in [0.25, 0.3) is 5.91 Å². The molecule has 0 aliphatic carbocycles. The molecule has 0 radical (unpaired) electrons. The predicted molar refractivity (Wildman–Crippen MR) is 162 cm³/mol. The van der Waals surface area contributed by atoms with E-state index in [9.17, 15) is 9.59 Å². The molecule has 0 atom stereocenters. The maximum atomic E-state index is 13.7. The highest BCUT2D eigenvalue weighted by Crippen LogP contribution is 2.39. The Hall–Kier alpha value is -3.11. The topological polar surface area (TPSA) is 113 Å². The molecule has 1 amide bonds. The number of amidine groups is 1. The highest BCUT2D eigenvalue weighted by atomic mass is 79.9. The number of benzene rings is 2. The number of nitrogens with zero attached hydrogens (tertiary/aromatic N) is 1. The molecule has 0 unspecified atom stereocenters. The Labute approximate surface area is 247 Å². The zero-order valence-corrected chi connectivity index (χ0v) is 25.9. The van der Waals surface area contributed by atoms with Gasteiger partial charge in [0.15, 0.2) is 5.78 Å². The van der Waals surface area contributed by atoms with E-state index in [0.29, 0.717) is 48.8 Å². The van der Waals surface area contributed by atoms with Gasteiger partial charge in [-0.1, -0.05) is 20.8 Å². The van der Waals surface area contributed by atoms with Crippen molar-refractivity contribution in [1.82, 2.24) is 10.2 Å². The van der Waals surface area contributed by atoms with Crippen LogP contribution in [0.2, 0.25) is 0 Å². The zero-order chi connectivity index (χ0) is 28.3. The first-order valence-corrected chi connectivity index (χ1v) is 13.5. The van der Waals surface area contributed by atoms with E-state index in [1.165, 1.54) is 0 Å². The summed E-state index contributed by atoms with van der Waals surface area (Å²) in [4.78, 5) is 27.9. The predicted octanol–water partition coefficient (Wildman–Crippen LogP) is 4.94. The summed E-state index contributed by atoms with van der Waals surface area (Å²) in [5, 5.41) is 15.0. The molecule has 2 aromatic rings. The number of hydrogen-bond acceptors (Lipinski definition) is 7. The van der Waals surface area contributed by atoms with Crippen LogP contribution in [0, 0.1) is 5.41 Å². The second kappa shape index (κ2) is 13.0. The summed E-state index contributed by atoms with van der Waals surface area (Å²) in [6.07, 6.45) is 1.77. The molecule has 2 aliphatic rings. The Balaban J connectivity index is 0.00000441. The third-order valence-corrected chi connectivity index (χ3v) is 7.25. The Kier molecular flexibility index (Phi) is 10.2. The monoisotopic (exact) mass is 616 g/mol. The van der Waals surface area contributed by atoms with E-state index < -0.39 is 0 Å². The molecule has 40 heavy (non-hydrogen) atoms. The van der Waals surface area contributed by atoms with Crippen LogP contribution in [-0.2, 0) is 16.7 Å². The van der Waals surface area contributed by atoms with Gasteiger partial charge in [-0.15, -0.1) is 17.0 Å². The van der Waals surface area contributed by atoms with E-state index >= 15 is 0 Å². The summed E-state index contributed by atoms with van der Waals surface area (Å²) in [5.74, 6) is 1.08. The van der Waals surface area contributed by atoms with Crippen molar-refractivity contribution < 1.29 is 23.8 Å². The van der Waals surface area contributed by atoms with Crippen LogP contribution in [0.1, 0.15) is 77.9 Å². The van der Waals surface area contributed by atoms with Gasteiger partial charge in [-0.3, -0.25) is 15.0 Å². The van der Waals surface area contributed by atoms with E-state index in [0.717, 1.165) is 35.4 Å². The van der Waals surface area contributed by atoms with Crippen LogP contribution in [0.4, 0.5) is 5.69 Å². The number of carbonyl (C=O) groups excluding carboxylic acids is 2. The number of ketones is 1. The summed E-state index contributed by atoms with van der Waals surface area (Å²) in [6, 6.07) is 7.52. The number of hydrogen-bond donors (Lipinski definition) is 3. The van der Waals surface area contributed by atoms with Gasteiger partial charge in [-0.25, -0.2) is 0 Å². The van der Waals surface area contributed by atoms with E-state index in [-0.39, 0.29) is 52.5 Å². The SMILES string of the molecule is Br.CCOc1cc2c(cc1C(=O)NC)C(=N)N(CC(=O)c1cc(NC3CCOCC3)c(OC)c(C(C)(C)C)c1)C2. The number of amides is 1. The third-order valence-electron chi connectivity index (χ3n) is 7.25. The number of halogens is 1. The van der Waals surface area contributed by atoms with Crippen molar-refractivity contribution >= 4 is 40.2 Å². The van der Waals surface area contributed by atoms with E-state index in [1.807, 2.05) is 25.1 Å². The Morgan fingerprint density at radius 2 is 1.85 bits per heavy atom. The first-order chi connectivity index (χ1) is 18.6. The molecule has 2 aromatic carbocycles. The Morgan fingerprint density at radius 1 is 1.15 bits per heavy atom. The van der Waals surface area contributed by atoms with Crippen LogP contribution < -0.4 is 20.1 Å². The van der Waals surface area contributed by atoms with E-state index in [2.05, 4.69) is 31.4 Å². The quantitative estimate of drug-likeness (QED) is 0.342. The smallest absolute Gasteiger partial charge is 0.254 e. The second-order valence-corrected chi connectivity index (χ2v) is 11.0. The molecule has 2 heterocycles. The van der Waals surface area contributed by atoms with Gasteiger partial charge >= 0.3 is 0 Å². The van der Waals surface area contributed by atoms with Crippen LogP contribution in [-0.4, -0.2) is 69.0 Å². The average Bonchev–Trinajstić information content (AvgIpc) is 3.21. The minimum absolute atomic E-state index is 0. The molecular formula is C30H41BrN4O5. The number of Topliss-reactive ketones (excluding diaryl/α,β-unsaturated/α-hetero) is 1. The number of fused-ring (bicyclic) bond motifs is 1. The lowest BCUT2D eigenvalue weighted by molar-refractivity contribution is 0.0903. The molecular weight excluding hydrogens is 576 g/mol. The molecule has 0 spiro atoms. The summed E-state index contributed by atoms with van der Waals surface area (Å²) >= 11 is 0. The molecule has 3 N–H and O–H groups in total. The number of ether oxygens (including phenoxy) is 3. The third kappa shape index (κ3) is 6.61. The second-order valence-electron chi connectivity index (χ2n) is 11.0. The number of anilines is 1. The van der Waals surface area contributed by atoms with Gasteiger partial charge in [0.1, 0.15) is 17.3 Å². The van der Waals surface area contributed by atoms with Crippen molar-refractivity contribution in [2.24, 2.45) is 0 Å². The summed E-state index contributed by atoms with van der Waals surface area (Å²) in [6.45, 7) is 10.4. The van der Waals surface area contributed by atoms with Gasteiger partial charge in [0, 0.05) is 49.5 Å². The zero-order valence-electron chi connectivity index (χ0n) is 24.2. The first kappa shape index (κ1) is 31.4. The number of nitrogens with one attached hydrogen (secondary N) is 3. The number of rotatable bonds is 9. The van der Waals surface area contributed by atoms with Gasteiger partial charge in [0.05, 0.1) is 31.5 Å². The van der Waals surface area contributed by atoms with Crippen LogP contribution in [0.25, 0.3) is 0 Å². The van der Waals surface area contributed by atoms with E-state index in [1.54, 1.807) is 25.1 Å². The van der Waals surface area contributed by atoms with Gasteiger partial charge < -0.3 is 29.7 Å². The molecule has 9 nitrogen and oxygen atoms in total. The number of methoxy groups -OCH3 is 1. The molecule has 2 aliphatic heterocycles. The fraction of sp³-hybridized carbons (Fsp3) is 0.500. The van der Waals surface area contributed by atoms with Crippen molar-refractivity contribution in [3.63, 3.8) is 0 Å². The molecule has 0 saturated carbocycles. The largest absolute Gasteiger partial charge is 0.494 e. The molecule has 218 valence electrons. The fourth-order valence-corrected chi connectivity index (χ4v) is 5.15. The van der Waals surface area contributed by atoms with Crippen molar-refractivity contribution in [3.8, 4) is 11.5 Å². The lowest BCUT2D eigenvalue weighted by Crippen LogP contribution is -2.31. The normalized spacial score (nSPS) is 15.2. The maximum Gasteiger partial charge on any atom is 0.254 e. The molecule has 1 fully saturated rings. The van der Waals surface area contributed by atoms with Crippen molar-refractivity contribution in [3.05, 3.63) is 52.1 Å². The van der Waals surface area contributed by atoms with Gasteiger partial charge in [0.2, 0.25) is 0 Å². The van der Waals surface area contributed by atoms with Crippen molar-refractivity contribution in [2.45, 2.75) is 58.5 Å². The van der Waals surface area contributed by atoms with Crippen molar-refractivity contribution in [2.75, 3.05) is 45.8 Å². The Bertz CT molecular complexity index is 1270. The minimum Gasteiger partial charge on any atom is -0.494 e. The van der Waals surface area contributed by atoms with Crippen LogP contribution in [0.5, 0.6) is 11.5 Å². The minimum atomic E-state index is -0.277. The highest BCUT2D eigenvalue weighted by Gasteiger charge is 2.31. The van der Waals surface area contributed by atoms with Crippen LogP contribution in [0.3, 0.4) is 0 Å². The Morgan fingerprint density at radius 3 is 2.45 bits per heavy atom. The van der Waals surface area contributed by atoms with Crippen molar-refractivity contribution in [1.29, 1.82) is 5.41 Å². The first-order valence-electron chi connectivity index (χ1n) is 13.5. The summed E-state index contributed by atoms with van der Waals surface area (Å²) in [7, 11) is 3.22. The van der Waals surface area contributed by atoms with Crippen LogP contribution in [0.15, 0.2) is 24.3 Å².